The molecule has 0 spiro atoms. The lowest BCUT2D eigenvalue weighted by Crippen LogP contribution is -1.93. The van der Waals surface area contributed by atoms with Gasteiger partial charge in [-0.05, 0) is 13.0 Å². The summed E-state index contributed by atoms with van der Waals surface area (Å²) in [6, 6.07) is 8.15. The molecule has 0 heterocycles. The third-order valence-corrected chi connectivity index (χ3v) is 2.45. The van der Waals surface area contributed by atoms with Crippen molar-refractivity contribution in [1.29, 1.82) is 0 Å². The molecule has 94 valence electrons. The highest BCUT2D eigenvalue weighted by atomic mass is 19.1. The van der Waals surface area contributed by atoms with E-state index in [0.717, 1.165) is 23.8 Å². The van der Waals surface area contributed by atoms with Crippen LogP contribution in [-0.4, -0.2) is 5.11 Å². The van der Waals surface area contributed by atoms with Gasteiger partial charge in [-0.1, -0.05) is 17.7 Å². The number of aliphatic hydroxyl groups is 1. The first kappa shape index (κ1) is 12.5. The predicted molar refractivity (Wildman–Crippen MR) is 63.5 cm³/mol. The Morgan fingerprint density at radius 2 is 1.72 bits per heavy atom. The van der Waals surface area contributed by atoms with Gasteiger partial charge in [-0.15, -0.1) is 0 Å². The van der Waals surface area contributed by atoms with Crippen LogP contribution in [0, 0.1) is 18.6 Å². The van der Waals surface area contributed by atoms with Crippen LogP contribution in [0.3, 0.4) is 0 Å². The molecule has 0 amide bonds. The first-order valence-electron chi connectivity index (χ1n) is 5.43. The van der Waals surface area contributed by atoms with E-state index in [1.165, 1.54) is 0 Å². The lowest BCUT2D eigenvalue weighted by Gasteiger charge is -2.10. The molecule has 0 aliphatic rings. The van der Waals surface area contributed by atoms with Gasteiger partial charge in [0.1, 0.15) is 23.1 Å². The molecule has 4 heteroatoms. The van der Waals surface area contributed by atoms with Crippen molar-refractivity contribution in [3.63, 3.8) is 0 Å². The summed E-state index contributed by atoms with van der Waals surface area (Å²) in [5.74, 6) is -0.968. The monoisotopic (exact) mass is 250 g/mol. The Morgan fingerprint density at radius 1 is 1.06 bits per heavy atom. The topological polar surface area (TPSA) is 29.5 Å². The summed E-state index contributed by atoms with van der Waals surface area (Å²) in [6.45, 7) is 1.68. The number of hydrogen-bond acceptors (Lipinski definition) is 2. The second kappa shape index (κ2) is 5.14. The highest BCUT2D eigenvalue weighted by molar-refractivity contribution is 5.40. The number of aliphatic hydroxyl groups excluding tert-OH is 1. The highest BCUT2D eigenvalue weighted by Crippen LogP contribution is 2.27. The lowest BCUT2D eigenvalue weighted by molar-refractivity contribution is 0.276. The van der Waals surface area contributed by atoms with E-state index >= 15 is 0 Å². The van der Waals surface area contributed by atoms with E-state index < -0.39 is 11.6 Å². The molecule has 2 aromatic carbocycles. The molecule has 2 nitrogen and oxygen atoms in total. The Bertz CT molecular complexity index is 547. The third kappa shape index (κ3) is 2.84. The molecule has 0 aliphatic carbocycles. The van der Waals surface area contributed by atoms with E-state index in [2.05, 4.69) is 0 Å². The van der Waals surface area contributed by atoms with Crippen LogP contribution in [0.15, 0.2) is 36.4 Å². The Kier molecular flexibility index (Phi) is 3.58. The van der Waals surface area contributed by atoms with Crippen molar-refractivity contribution in [2.75, 3.05) is 0 Å². The SMILES string of the molecule is Cc1ccc(Oc2cc(F)cc(F)c2)c(CO)c1. The van der Waals surface area contributed by atoms with Gasteiger partial charge in [0.2, 0.25) is 0 Å². The van der Waals surface area contributed by atoms with Gasteiger partial charge >= 0.3 is 0 Å². The van der Waals surface area contributed by atoms with Crippen LogP contribution in [-0.2, 0) is 6.61 Å². The van der Waals surface area contributed by atoms with Crippen molar-refractivity contribution in [2.24, 2.45) is 0 Å². The fourth-order valence-corrected chi connectivity index (χ4v) is 1.65. The zero-order valence-corrected chi connectivity index (χ0v) is 9.78. The summed E-state index contributed by atoms with van der Waals surface area (Å²) < 4.78 is 31.4. The van der Waals surface area contributed by atoms with Crippen LogP contribution in [0.4, 0.5) is 8.78 Å². The molecule has 2 rings (SSSR count). The molecular formula is C14H12F2O2. The molecule has 0 atom stereocenters. The van der Waals surface area contributed by atoms with Crippen LogP contribution in [0.25, 0.3) is 0 Å². The van der Waals surface area contributed by atoms with Crippen molar-refractivity contribution in [2.45, 2.75) is 13.5 Å². The minimum absolute atomic E-state index is 0.0612. The Morgan fingerprint density at radius 3 is 2.33 bits per heavy atom. The van der Waals surface area contributed by atoms with Crippen molar-refractivity contribution in [1.82, 2.24) is 0 Å². The molecule has 2 aromatic rings. The first-order chi connectivity index (χ1) is 8.58. The number of halogens is 2. The Balaban J connectivity index is 2.33. The summed E-state index contributed by atoms with van der Waals surface area (Å²) in [5.41, 5.74) is 1.54. The van der Waals surface area contributed by atoms with E-state index in [0.29, 0.717) is 11.3 Å². The zero-order valence-electron chi connectivity index (χ0n) is 9.78. The van der Waals surface area contributed by atoms with Gasteiger partial charge in [-0.25, -0.2) is 8.78 Å². The fourth-order valence-electron chi connectivity index (χ4n) is 1.65. The average molecular weight is 250 g/mol. The summed E-state index contributed by atoms with van der Waals surface area (Å²) in [7, 11) is 0. The third-order valence-electron chi connectivity index (χ3n) is 2.45. The number of aryl methyl sites for hydroxylation is 1. The smallest absolute Gasteiger partial charge is 0.133 e. The van der Waals surface area contributed by atoms with Crippen molar-refractivity contribution in [3.8, 4) is 11.5 Å². The molecule has 0 saturated heterocycles. The van der Waals surface area contributed by atoms with Gasteiger partial charge in [0.15, 0.2) is 0 Å². The van der Waals surface area contributed by atoms with Crippen LogP contribution < -0.4 is 4.74 Å². The highest BCUT2D eigenvalue weighted by Gasteiger charge is 2.07. The largest absolute Gasteiger partial charge is 0.457 e. The van der Waals surface area contributed by atoms with Crippen molar-refractivity contribution >= 4 is 0 Å². The van der Waals surface area contributed by atoms with Gasteiger partial charge in [0, 0.05) is 23.8 Å². The summed E-state index contributed by atoms with van der Waals surface area (Å²) in [5, 5.41) is 9.20. The van der Waals surface area contributed by atoms with E-state index in [9.17, 15) is 13.9 Å². The summed E-state index contributed by atoms with van der Waals surface area (Å²) in [6.07, 6.45) is 0. The molecule has 0 aromatic heterocycles. The van der Waals surface area contributed by atoms with Gasteiger partial charge in [-0.3, -0.25) is 0 Å². The van der Waals surface area contributed by atoms with Crippen molar-refractivity contribution in [3.05, 3.63) is 59.2 Å². The van der Waals surface area contributed by atoms with Gasteiger partial charge in [-0.2, -0.15) is 0 Å². The normalized spacial score (nSPS) is 10.4. The summed E-state index contributed by atoms with van der Waals surface area (Å²) >= 11 is 0. The maximum atomic E-state index is 13.0. The molecule has 0 bridgehead atoms. The minimum atomic E-state index is -0.706. The molecule has 0 fully saturated rings. The van der Waals surface area contributed by atoms with Crippen LogP contribution in [0.1, 0.15) is 11.1 Å². The van der Waals surface area contributed by atoms with E-state index in [1.807, 2.05) is 6.92 Å². The van der Waals surface area contributed by atoms with Gasteiger partial charge in [0.05, 0.1) is 6.61 Å². The zero-order chi connectivity index (χ0) is 13.1. The predicted octanol–water partition coefficient (Wildman–Crippen LogP) is 3.56. The average Bonchev–Trinajstić information content (AvgIpc) is 2.30. The van der Waals surface area contributed by atoms with Crippen LogP contribution in [0.5, 0.6) is 11.5 Å². The number of benzene rings is 2. The maximum absolute atomic E-state index is 13.0. The fraction of sp³-hybridized carbons (Fsp3) is 0.143. The quantitative estimate of drug-likeness (QED) is 0.902. The molecule has 0 radical (unpaired) electrons. The lowest BCUT2D eigenvalue weighted by atomic mass is 10.1. The molecule has 0 saturated carbocycles. The van der Waals surface area contributed by atoms with Gasteiger partial charge < -0.3 is 9.84 Å². The molecule has 18 heavy (non-hydrogen) atoms. The summed E-state index contributed by atoms with van der Waals surface area (Å²) in [4.78, 5) is 0. The second-order valence-corrected chi connectivity index (χ2v) is 3.98. The Hall–Kier alpha value is -1.94. The standard InChI is InChI=1S/C14H12F2O2/c1-9-2-3-14(10(4-9)8-17)18-13-6-11(15)5-12(16)7-13/h2-7,17H,8H2,1H3. The van der Waals surface area contributed by atoms with Gasteiger partial charge in [0.25, 0.3) is 0 Å². The number of hydrogen-bond donors (Lipinski definition) is 1. The van der Waals surface area contributed by atoms with Crippen LogP contribution >= 0.6 is 0 Å². The molecule has 0 unspecified atom stereocenters. The maximum Gasteiger partial charge on any atom is 0.133 e. The minimum Gasteiger partial charge on any atom is -0.457 e. The molecular weight excluding hydrogens is 238 g/mol. The second-order valence-electron chi connectivity index (χ2n) is 3.98. The van der Waals surface area contributed by atoms with E-state index in [-0.39, 0.29) is 12.4 Å². The number of rotatable bonds is 3. The van der Waals surface area contributed by atoms with Crippen LogP contribution in [0.2, 0.25) is 0 Å². The van der Waals surface area contributed by atoms with E-state index in [1.54, 1.807) is 18.2 Å². The van der Waals surface area contributed by atoms with Crippen molar-refractivity contribution < 1.29 is 18.6 Å². The molecule has 1 N–H and O–H groups in total. The molecule has 0 aliphatic heterocycles. The Labute approximate surface area is 103 Å². The van der Waals surface area contributed by atoms with E-state index in [4.69, 9.17) is 4.74 Å². The first-order valence-corrected chi connectivity index (χ1v) is 5.43. The number of ether oxygens (including phenoxy) is 1.